The second kappa shape index (κ2) is 7.93. The van der Waals surface area contributed by atoms with Gasteiger partial charge in [0, 0.05) is 19.6 Å². The van der Waals surface area contributed by atoms with Crippen LogP contribution >= 0.6 is 0 Å². The van der Waals surface area contributed by atoms with E-state index < -0.39 is 10.0 Å². The summed E-state index contributed by atoms with van der Waals surface area (Å²) in [5, 5.41) is 2.95. The van der Waals surface area contributed by atoms with Gasteiger partial charge in [0.2, 0.25) is 15.9 Å². The molecule has 0 aromatic heterocycles. The van der Waals surface area contributed by atoms with Gasteiger partial charge in [0.05, 0.1) is 12.2 Å². The Kier molecular flexibility index (Phi) is 6.18. The average molecular weight is 338 g/mol. The number of benzene rings is 1. The number of sulfonamides is 1. The lowest BCUT2D eigenvalue weighted by molar-refractivity contribution is -0.126. The molecular formula is C17H26N2O3S. The second-order valence-corrected chi connectivity index (χ2v) is 8.32. The van der Waals surface area contributed by atoms with Crippen molar-refractivity contribution in [2.75, 3.05) is 25.9 Å². The van der Waals surface area contributed by atoms with Crippen LogP contribution in [0.2, 0.25) is 0 Å². The number of hydrogen-bond donors (Lipinski definition) is 1. The molecule has 0 aliphatic carbocycles. The molecule has 1 aliphatic rings. The maximum absolute atomic E-state index is 12.2. The van der Waals surface area contributed by atoms with E-state index in [0.717, 1.165) is 25.7 Å². The Morgan fingerprint density at radius 3 is 2.65 bits per heavy atom. The molecule has 1 aromatic rings. The first kappa shape index (κ1) is 17.9. The van der Waals surface area contributed by atoms with Gasteiger partial charge in [-0.05, 0) is 38.2 Å². The van der Waals surface area contributed by atoms with Gasteiger partial charge >= 0.3 is 0 Å². The molecule has 0 radical (unpaired) electrons. The van der Waals surface area contributed by atoms with Gasteiger partial charge in [0.15, 0.2) is 0 Å². The summed E-state index contributed by atoms with van der Waals surface area (Å²) in [5.74, 6) is -0.250. The molecule has 1 atom stereocenters. The summed E-state index contributed by atoms with van der Waals surface area (Å²) in [4.78, 5) is 12.2. The van der Waals surface area contributed by atoms with Gasteiger partial charge in [-0.25, -0.2) is 12.7 Å². The third-order valence-electron chi connectivity index (χ3n) is 4.29. The predicted molar refractivity (Wildman–Crippen MR) is 91.7 cm³/mol. The number of amides is 1. The van der Waals surface area contributed by atoms with E-state index in [9.17, 15) is 13.2 Å². The largest absolute Gasteiger partial charge is 0.356 e. The highest BCUT2D eigenvalue weighted by molar-refractivity contribution is 7.88. The van der Waals surface area contributed by atoms with Gasteiger partial charge in [-0.1, -0.05) is 29.8 Å². The zero-order chi connectivity index (χ0) is 16.9. The summed E-state index contributed by atoms with van der Waals surface area (Å²) in [6.45, 7) is 3.52. The fourth-order valence-electron chi connectivity index (χ4n) is 2.86. The van der Waals surface area contributed by atoms with Crippen LogP contribution in [0.4, 0.5) is 0 Å². The molecule has 1 heterocycles. The molecule has 5 nitrogen and oxygen atoms in total. The number of nitrogens with one attached hydrogen (secondary N) is 1. The molecule has 0 spiro atoms. The zero-order valence-electron chi connectivity index (χ0n) is 13.9. The molecule has 128 valence electrons. The summed E-state index contributed by atoms with van der Waals surface area (Å²) >= 11 is 0. The normalized spacial score (nSPS) is 19.5. The minimum absolute atomic E-state index is 0.0257. The van der Waals surface area contributed by atoms with Crippen molar-refractivity contribution in [3.63, 3.8) is 0 Å². The minimum atomic E-state index is -3.20. The van der Waals surface area contributed by atoms with Crippen LogP contribution in [-0.4, -0.2) is 44.5 Å². The van der Waals surface area contributed by atoms with E-state index in [4.69, 9.17) is 0 Å². The number of rotatable bonds is 6. The molecule has 0 unspecified atom stereocenters. The number of carbonyl (C=O) groups is 1. The molecule has 0 saturated carbocycles. The monoisotopic (exact) mass is 338 g/mol. The summed E-state index contributed by atoms with van der Waals surface area (Å²) < 4.78 is 24.6. The smallest absolute Gasteiger partial charge is 0.224 e. The number of carbonyl (C=O) groups excluding carboxylic acids is 1. The van der Waals surface area contributed by atoms with Crippen molar-refractivity contribution in [1.29, 1.82) is 0 Å². The molecule has 2 rings (SSSR count). The zero-order valence-corrected chi connectivity index (χ0v) is 14.7. The second-order valence-electron chi connectivity index (χ2n) is 6.34. The standard InChI is InChI=1S/C17H26N2O3S/c1-14-7-9-15(10-8-14)5-3-11-18-17(20)16-6-4-12-19(13-16)23(2,21)22/h7-10,16H,3-6,11-13H2,1-2H3,(H,18,20)/t16-/m0/s1. The maximum Gasteiger partial charge on any atom is 0.224 e. The van der Waals surface area contributed by atoms with Crippen LogP contribution in [0.5, 0.6) is 0 Å². The molecule has 6 heteroatoms. The van der Waals surface area contributed by atoms with Crippen LogP contribution in [0.15, 0.2) is 24.3 Å². The van der Waals surface area contributed by atoms with E-state index in [1.54, 1.807) is 0 Å². The van der Waals surface area contributed by atoms with Crippen molar-refractivity contribution in [2.24, 2.45) is 5.92 Å². The van der Waals surface area contributed by atoms with E-state index in [-0.39, 0.29) is 11.8 Å². The van der Waals surface area contributed by atoms with Crippen LogP contribution in [0.1, 0.15) is 30.4 Å². The highest BCUT2D eigenvalue weighted by atomic mass is 32.2. The van der Waals surface area contributed by atoms with E-state index in [2.05, 4.69) is 36.5 Å². The van der Waals surface area contributed by atoms with Gasteiger partial charge in [0.1, 0.15) is 0 Å². The van der Waals surface area contributed by atoms with Crippen molar-refractivity contribution in [2.45, 2.75) is 32.6 Å². The molecular weight excluding hydrogens is 312 g/mol. The topological polar surface area (TPSA) is 66.5 Å². The highest BCUT2D eigenvalue weighted by Crippen LogP contribution is 2.18. The van der Waals surface area contributed by atoms with Crippen molar-refractivity contribution < 1.29 is 13.2 Å². The van der Waals surface area contributed by atoms with Crippen molar-refractivity contribution in [1.82, 2.24) is 9.62 Å². The summed E-state index contributed by atoms with van der Waals surface area (Å²) in [6.07, 6.45) is 4.52. The Morgan fingerprint density at radius 1 is 1.30 bits per heavy atom. The fourth-order valence-corrected chi connectivity index (χ4v) is 3.77. The van der Waals surface area contributed by atoms with Crippen LogP contribution < -0.4 is 5.32 Å². The van der Waals surface area contributed by atoms with Crippen LogP contribution in [0.25, 0.3) is 0 Å². The first-order chi connectivity index (χ1) is 10.9. The minimum Gasteiger partial charge on any atom is -0.356 e. The lowest BCUT2D eigenvalue weighted by Gasteiger charge is -2.30. The van der Waals surface area contributed by atoms with E-state index >= 15 is 0 Å². The summed E-state index contributed by atoms with van der Waals surface area (Å²) in [7, 11) is -3.20. The van der Waals surface area contributed by atoms with Crippen LogP contribution in [-0.2, 0) is 21.2 Å². The predicted octanol–water partition coefficient (Wildman–Crippen LogP) is 1.72. The van der Waals surface area contributed by atoms with E-state index in [1.165, 1.54) is 21.7 Å². The number of piperidine rings is 1. The number of hydrogen-bond acceptors (Lipinski definition) is 3. The molecule has 1 aromatic carbocycles. The average Bonchev–Trinajstić information content (AvgIpc) is 2.52. The van der Waals surface area contributed by atoms with Crippen molar-refractivity contribution in [3.05, 3.63) is 35.4 Å². The van der Waals surface area contributed by atoms with Crippen LogP contribution in [0, 0.1) is 12.8 Å². The Hall–Kier alpha value is -1.40. The highest BCUT2D eigenvalue weighted by Gasteiger charge is 2.29. The Bertz CT molecular complexity index is 626. The fraction of sp³-hybridized carbons (Fsp3) is 0.588. The van der Waals surface area contributed by atoms with E-state index in [1.807, 2.05) is 0 Å². The molecule has 23 heavy (non-hydrogen) atoms. The lowest BCUT2D eigenvalue weighted by Crippen LogP contribution is -2.45. The third kappa shape index (κ3) is 5.62. The van der Waals surface area contributed by atoms with Gasteiger partial charge in [-0.2, -0.15) is 0 Å². The van der Waals surface area contributed by atoms with Crippen molar-refractivity contribution in [3.8, 4) is 0 Å². The first-order valence-electron chi connectivity index (χ1n) is 8.14. The van der Waals surface area contributed by atoms with Crippen molar-refractivity contribution >= 4 is 15.9 Å². The SMILES string of the molecule is Cc1ccc(CCCNC(=O)[C@H]2CCCN(S(C)(=O)=O)C2)cc1. The molecule has 0 bridgehead atoms. The maximum atomic E-state index is 12.2. The Morgan fingerprint density at radius 2 is 2.00 bits per heavy atom. The summed E-state index contributed by atoms with van der Waals surface area (Å²) in [6, 6.07) is 8.41. The number of nitrogens with zero attached hydrogens (tertiary/aromatic N) is 1. The molecule has 1 amide bonds. The quantitative estimate of drug-likeness (QED) is 0.803. The number of aryl methyl sites for hydroxylation is 2. The van der Waals surface area contributed by atoms with E-state index in [0.29, 0.717) is 19.6 Å². The molecule has 1 saturated heterocycles. The van der Waals surface area contributed by atoms with Gasteiger partial charge < -0.3 is 5.32 Å². The molecule has 1 fully saturated rings. The first-order valence-corrected chi connectivity index (χ1v) is 9.99. The molecule has 1 aliphatic heterocycles. The van der Waals surface area contributed by atoms with Gasteiger partial charge in [-0.3, -0.25) is 4.79 Å². The van der Waals surface area contributed by atoms with Gasteiger partial charge in [-0.15, -0.1) is 0 Å². The summed E-state index contributed by atoms with van der Waals surface area (Å²) in [5.41, 5.74) is 2.51. The Labute approximate surface area is 139 Å². The Balaban J connectivity index is 1.73. The lowest BCUT2D eigenvalue weighted by atomic mass is 9.99. The molecule has 1 N–H and O–H groups in total. The van der Waals surface area contributed by atoms with Gasteiger partial charge in [0.25, 0.3) is 0 Å². The van der Waals surface area contributed by atoms with Crippen LogP contribution in [0.3, 0.4) is 0 Å². The third-order valence-corrected chi connectivity index (χ3v) is 5.56.